The van der Waals surface area contributed by atoms with Crippen molar-refractivity contribution in [3.05, 3.63) is 48.3 Å². The van der Waals surface area contributed by atoms with Crippen molar-refractivity contribution in [2.45, 2.75) is 13.0 Å². The molecule has 1 aliphatic heterocycles. The van der Waals surface area contributed by atoms with Crippen LogP contribution >= 0.6 is 0 Å². The molecule has 0 radical (unpaired) electrons. The van der Waals surface area contributed by atoms with Gasteiger partial charge in [0.05, 0.1) is 12.5 Å². The molecule has 1 atom stereocenters. The molecule has 1 aliphatic rings. The molecule has 3 rings (SSSR count). The predicted molar refractivity (Wildman–Crippen MR) is 86.5 cm³/mol. The summed E-state index contributed by atoms with van der Waals surface area (Å²) in [6, 6.07) is 5.73. The van der Waals surface area contributed by atoms with E-state index in [2.05, 4.69) is 4.98 Å². The van der Waals surface area contributed by atoms with Gasteiger partial charge in [0, 0.05) is 45.1 Å². The van der Waals surface area contributed by atoms with Crippen molar-refractivity contribution in [3.8, 4) is 0 Å². The highest BCUT2D eigenvalue weighted by atomic mass is 19.1. The van der Waals surface area contributed by atoms with Crippen LogP contribution in [-0.2, 0) is 23.2 Å². The van der Waals surface area contributed by atoms with Crippen molar-refractivity contribution in [3.63, 3.8) is 0 Å². The molecule has 0 aliphatic carbocycles. The number of hydrogen-bond donors (Lipinski definition) is 0. The molecule has 7 heteroatoms. The lowest BCUT2D eigenvalue weighted by atomic mass is 10.1. The van der Waals surface area contributed by atoms with E-state index in [1.165, 1.54) is 17.0 Å². The van der Waals surface area contributed by atoms with Crippen molar-refractivity contribution in [1.82, 2.24) is 14.5 Å². The van der Waals surface area contributed by atoms with Gasteiger partial charge in [-0.25, -0.2) is 9.37 Å². The van der Waals surface area contributed by atoms with E-state index < -0.39 is 5.92 Å². The third-order valence-electron chi connectivity index (χ3n) is 4.29. The Hall–Kier alpha value is -2.70. The Morgan fingerprint density at radius 1 is 1.38 bits per heavy atom. The van der Waals surface area contributed by atoms with Crippen molar-refractivity contribution < 1.29 is 14.0 Å². The molecule has 0 bridgehead atoms. The molecule has 126 valence electrons. The van der Waals surface area contributed by atoms with Crippen LogP contribution in [-0.4, -0.2) is 39.9 Å². The Kier molecular flexibility index (Phi) is 4.33. The van der Waals surface area contributed by atoms with Gasteiger partial charge in [-0.05, 0) is 24.3 Å². The minimum Gasteiger partial charge on any atom is -0.338 e. The number of imidazole rings is 1. The number of aryl methyl sites for hydroxylation is 1. The number of nitrogens with zero attached hydrogens (tertiary/aromatic N) is 4. The van der Waals surface area contributed by atoms with Gasteiger partial charge < -0.3 is 14.4 Å². The van der Waals surface area contributed by atoms with Crippen LogP contribution in [0.25, 0.3) is 0 Å². The molecule has 2 amide bonds. The first-order valence-electron chi connectivity index (χ1n) is 7.73. The molecule has 1 aromatic heterocycles. The zero-order chi connectivity index (χ0) is 17.3. The van der Waals surface area contributed by atoms with E-state index in [1.54, 1.807) is 30.3 Å². The normalized spacial score (nSPS) is 17.4. The molecule has 2 aromatic rings. The van der Waals surface area contributed by atoms with Gasteiger partial charge in [0.15, 0.2) is 0 Å². The lowest BCUT2D eigenvalue weighted by Gasteiger charge is -2.21. The molecule has 24 heavy (non-hydrogen) atoms. The van der Waals surface area contributed by atoms with Crippen LogP contribution < -0.4 is 4.90 Å². The van der Waals surface area contributed by atoms with Gasteiger partial charge in [0.1, 0.15) is 11.6 Å². The molecule has 0 unspecified atom stereocenters. The van der Waals surface area contributed by atoms with Crippen LogP contribution in [0, 0.1) is 11.7 Å². The zero-order valence-electron chi connectivity index (χ0n) is 13.6. The summed E-state index contributed by atoms with van der Waals surface area (Å²) in [6.07, 6.45) is 3.67. The molecule has 6 nitrogen and oxygen atoms in total. The first-order chi connectivity index (χ1) is 11.5. The summed E-state index contributed by atoms with van der Waals surface area (Å²) in [5, 5.41) is 0. The first-order valence-corrected chi connectivity index (χ1v) is 7.73. The molecule has 1 saturated heterocycles. The van der Waals surface area contributed by atoms with Crippen molar-refractivity contribution >= 4 is 17.5 Å². The van der Waals surface area contributed by atoms with Gasteiger partial charge in [0.25, 0.3) is 0 Å². The van der Waals surface area contributed by atoms with Crippen LogP contribution in [0.1, 0.15) is 12.2 Å². The summed E-state index contributed by atoms with van der Waals surface area (Å²) in [5.41, 5.74) is 0.614. The Labute approximate surface area is 139 Å². The number of benzene rings is 1. The van der Waals surface area contributed by atoms with Crippen molar-refractivity contribution in [2.24, 2.45) is 13.0 Å². The van der Waals surface area contributed by atoms with E-state index in [4.69, 9.17) is 0 Å². The molecule has 0 saturated carbocycles. The van der Waals surface area contributed by atoms with Crippen LogP contribution in [0.4, 0.5) is 10.1 Å². The number of hydrogen-bond acceptors (Lipinski definition) is 3. The molecule has 2 heterocycles. The summed E-state index contributed by atoms with van der Waals surface area (Å²) in [5.74, 6) is -0.174. The fourth-order valence-electron chi connectivity index (χ4n) is 2.89. The minimum atomic E-state index is -0.396. The van der Waals surface area contributed by atoms with Crippen LogP contribution in [0.15, 0.2) is 36.7 Å². The summed E-state index contributed by atoms with van der Waals surface area (Å²) in [4.78, 5) is 32.2. The van der Waals surface area contributed by atoms with Crippen LogP contribution in [0.2, 0.25) is 0 Å². The highest BCUT2D eigenvalue weighted by Gasteiger charge is 2.36. The lowest BCUT2D eigenvalue weighted by Crippen LogP contribution is -2.35. The number of carbonyl (C=O) groups excluding carboxylic acids is 2. The smallest absolute Gasteiger partial charge is 0.228 e. The Bertz CT molecular complexity index is 756. The fraction of sp³-hybridized carbons (Fsp3) is 0.353. The highest BCUT2D eigenvalue weighted by molar-refractivity contribution is 6.00. The molecular weight excluding hydrogens is 311 g/mol. The average molecular weight is 330 g/mol. The lowest BCUT2D eigenvalue weighted by molar-refractivity contribution is -0.135. The van der Waals surface area contributed by atoms with E-state index in [0.29, 0.717) is 18.8 Å². The maximum absolute atomic E-state index is 13.0. The fourth-order valence-corrected chi connectivity index (χ4v) is 2.89. The summed E-state index contributed by atoms with van der Waals surface area (Å²) < 4.78 is 14.9. The van der Waals surface area contributed by atoms with E-state index in [9.17, 15) is 14.0 Å². The largest absolute Gasteiger partial charge is 0.338 e. The first kappa shape index (κ1) is 16.2. The van der Waals surface area contributed by atoms with Gasteiger partial charge in [-0.15, -0.1) is 0 Å². The van der Waals surface area contributed by atoms with Gasteiger partial charge in [-0.2, -0.15) is 0 Å². The number of amides is 2. The Balaban J connectivity index is 1.67. The summed E-state index contributed by atoms with van der Waals surface area (Å²) in [7, 11) is 3.58. The van der Waals surface area contributed by atoms with E-state index in [0.717, 1.165) is 5.82 Å². The van der Waals surface area contributed by atoms with Crippen LogP contribution in [0.5, 0.6) is 0 Å². The van der Waals surface area contributed by atoms with Crippen molar-refractivity contribution in [1.29, 1.82) is 0 Å². The standard InChI is InChI=1S/C17H19FN4O2/c1-20-8-7-19-15(20)11-21(2)17(24)12-9-16(23)22(10-12)14-5-3-13(18)4-6-14/h3-8,12H,9-11H2,1-2H3/t12-/m0/s1. The second-order valence-electron chi connectivity index (χ2n) is 6.03. The molecule has 1 aromatic carbocycles. The molecule has 1 fully saturated rings. The SMILES string of the molecule is CN(Cc1nccn1C)C(=O)[C@H]1CC(=O)N(c2ccc(F)cc2)C1. The highest BCUT2D eigenvalue weighted by Crippen LogP contribution is 2.26. The van der Waals surface area contributed by atoms with Crippen LogP contribution in [0.3, 0.4) is 0 Å². The van der Waals surface area contributed by atoms with Gasteiger partial charge in [-0.1, -0.05) is 0 Å². The maximum atomic E-state index is 13.0. The predicted octanol–water partition coefficient (Wildman–Crippen LogP) is 1.57. The van der Waals surface area contributed by atoms with Gasteiger partial charge in [-0.3, -0.25) is 9.59 Å². The van der Waals surface area contributed by atoms with E-state index in [-0.39, 0.29) is 24.1 Å². The van der Waals surface area contributed by atoms with E-state index >= 15 is 0 Å². The third kappa shape index (κ3) is 3.15. The summed E-state index contributed by atoms with van der Waals surface area (Å²) >= 11 is 0. The zero-order valence-corrected chi connectivity index (χ0v) is 13.6. The number of carbonyl (C=O) groups is 2. The Morgan fingerprint density at radius 2 is 2.08 bits per heavy atom. The topological polar surface area (TPSA) is 58.4 Å². The van der Waals surface area contributed by atoms with Crippen molar-refractivity contribution in [2.75, 3.05) is 18.5 Å². The molecular formula is C17H19FN4O2. The number of aromatic nitrogens is 2. The van der Waals surface area contributed by atoms with Gasteiger partial charge >= 0.3 is 0 Å². The van der Waals surface area contributed by atoms with E-state index in [1.807, 2.05) is 17.8 Å². The number of anilines is 1. The summed E-state index contributed by atoms with van der Waals surface area (Å²) in [6.45, 7) is 0.706. The second-order valence-corrected chi connectivity index (χ2v) is 6.03. The Morgan fingerprint density at radius 3 is 2.71 bits per heavy atom. The monoisotopic (exact) mass is 330 g/mol. The average Bonchev–Trinajstić information content (AvgIpc) is 3.14. The number of halogens is 1. The quantitative estimate of drug-likeness (QED) is 0.855. The third-order valence-corrected chi connectivity index (χ3v) is 4.29. The number of rotatable bonds is 4. The maximum Gasteiger partial charge on any atom is 0.228 e. The van der Waals surface area contributed by atoms with Gasteiger partial charge in [0.2, 0.25) is 11.8 Å². The second kappa shape index (κ2) is 6.43. The minimum absolute atomic E-state index is 0.0871. The molecule has 0 spiro atoms. The molecule has 0 N–H and O–H groups in total.